The molecule has 1 saturated heterocycles. The van der Waals surface area contributed by atoms with Crippen molar-refractivity contribution in [3.63, 3.8) is 0 Å². The fraction of sp³-hybridized carbons (Fsp3) is 0.667. The van der Waals surface area contributed by atoms with Crippen LogP contribution in [0.1, 0.15) is 31.2 Å². The number of urea groups is 1. The van der Waals surface area contributed by atoms with Crippen molar-refractivity contribution in [3.05, 3.63) is 11.4 Å². The van der Waals surface area contributed by atoms with E-state index >= 15 is 0 Å². The molecular formula is C15H25N5O2. The number of hydrogen-bond acceptors (Lipinski definition) is 3. The van der Waals surface area contributed by atoms with Gasteiger partial charge in [0.05, 0.1) is 17.1 Å². The standard InChI is InChI=1S/C15H25N5O2/c1-6-20-11(3)13(10(2)17-20)16-15(22)19-9-7-8-12(19)14(21)18(4)5/h12H,6-9H2,1-5H3,(H,16,22). The number of carbonyl (C=O) groups excluding carboxylic acids is 2. The molecule has 0 bridgehead atoms. The number of nitrogens with zero attached hydrogens (tertiary/aromatic N) is 4. The lowest BCUT2D eigenvalue weighted by Crippen LogP contribution is -2.47. The molecule has 0 saturated carbocycles. The summed E-state index contributed by atoms with van der Waals surface area (Å²) in [6, 6.07) is -0.587. The third-order valence-corrected chi connectivity index (χ3v) is 4.15. The van der Waals surface area contributed by atoms with Gasteiger partial charge in [-0.1, -0.05) is 0 Å². The topological polar surface area (TPSA) is 70.5 Å². The normalized spacial score (nSPS) is 17.7. The molecule has 1 aliphatic heterocycles. The number of aryl methyl sites for hydroxylation is 2. The average Bonchev–Trinajstić information content (AvgIpc) is 3.06. The molecule has 22 heavy (non-hydrogen) atoms. The van der Waals surface area contributed by atoms with E-state index in [9.17, 15) is 9.59 Å². The third-order valence-electron chi connectivity index (χ3n) is 4.15. The molecule has 2 rings (SSSR count). The first kappa shape index (κ1) is 16.3. The van der Waals surface area contributed by atoms with Gasteiger partial charge in [0.1, 0.15) is 6.04 Å². The van der Waals surface area contributed by atoms with E-state index < -0.39 is 0 Å². The van der Waals surface area contributed by atoms with Crippen LogP contribution in [0.15, 0.2) is 0 Å². The molecule has 3 amide bonds. The molecule has 1 N–H and O–H groups in total. The van der Waals surface area contributed by atoms with Crippen molar-refractivity contribution in [3.8, 4) is 0 Å². The number of nitrogens with one attached hydrogen (secondary N) is 1. The average molecular weight is 307 g/mol. The van der Waals surface area contributed by atoms with Gasteiger partial charge in [-0.3, -0.25) is 9.48 Å². The van der Waals surface area contributed by atoms with E-state index in [0.717, 1.165) is 36.5 Å². The smallest absolute Gasteiger partial charge is 0.322 e. The van der Waals surface area contributed by atoms with E-state index in [4.69, 9.17) is 0 Å². The fourth-order valence-electron chi connectivity index (χ4n) is 2.93. The molecule has 7 heteroatoms. The Hall–Kier alpha value is -2.05. The summed E-state index contributed by atoms with van der Waals surface area (Å²) in [5.74, 6) is -0.0228. The molecule has 7 nitrogen and oxygen atoms in total. The molecule has 2 heterocycles. The Bertz CT molecular complexity index is 579. The van der Waals surface area contributed by atoms with Gasteiger partial charge in [0, 0.05) is 27.2 Å². The SMILES string of the molecule is CCn1nc(C)c(NC(=O)N2CCCC2C(=O)N(C)C)c1C. The summed E-state index contributed by atoms with van der Waals surface area (Å²) in [5.41, 5.74) is 2.47. The van der Waals surface area contributed by atoms with Crippen LogP contribution in [0.4, 0.5) is 10.5 Å². The molecule has 1 atom stereocenters. The molecular weight excluding hydrogens is 282 g/mol. The second-order valence-corrected chi connectivity index (χ2v) is 5.88. The van der Waals surface area contributed by atoms with Gasteiger partial charge in [0.15, 0.2) is 0 Å². The lowest BCUT2D eigenvalue weighted by molar-refractivity contribution is -0.132. The molecule has 1 aromatic heterocycles. The summed E-state index contributed by atoms with van der Waals surface area (Å²) in [7, 11) is 3.44. The maximum Gasteiger partial charge on any atom is 0.322 e. The minimum Gasteiger partial charge on any atom is -0.347 e. The molecule has 0 aromatic carbocycles. The van der Waals surface area contributed by atoms with Gasteiger partial charge < -0.3 is 15.1 Å². The lowest BCUT2D eigenvalue weighted by Gasteiger charge is -2.26. The monoisotopic (exact) mass is 307 g/mol. The summed E-state index contributed by atoms with van der Waals surface area (Å²) >= 11 is 0. The zero-order valence-electron chi connectivity index (χ0n) is 14.0. The van der Waals surface area contributed by atoms with E-state index in [1.165, 1.54) is 0 Å². The zero-order valence-corrected chi connectivity index (χ0v) is 14.0. The van der Waals surface area contributed by atoms with Gasteiger partial charge in [0.2, 0.25) is 5.91 Å². The first-order chi connectivity index (χ1) is 10.4. The highest BCUT2D eigenvalue weighted by Gasteiger charge is 2.35. The van der Waals surface area contributed by atoms with E-state index in [1.807, 2.05) is 25.5 Å². The molecule has 0 aliphatic carbocycles. The summed E-state index contributed by atoms with van der Waals surface area (Å²) in [5, 5.41) is 7.33. The van der Waals surface area contributed by atoms with Crippen molar-refractivity contribution < 1.29 is 9.59 Å². The number of likely N-dealkylation sites (tertiary alicyclic amines) is 1. The molecule has 0 spiro atoms. The fourth-order valence-corrected chi connectivity index (χ4v) is 2.93. The van der Waals surface area contributed by atoms with Gasteiger partial charge in [-0.05, 0) is 33.6 Å². The summed E-state index contributed by atoms with van der Waals surface area (Å²) < 4.78 is 1.86. The van der Waals surface area contributed by atoms with E-state index in [1.54, 1.807) is 23.9 Å². The minimum absolute atomic E-state index is 0.0228. The van der Waals surface area contributed by atoms with Crippen LogP contribution in [0.3, 0.4) is 0 Å². The second-order valence-electron chi connectivity index (χ2n) is 5.88. The Morgan fingerprint density at radius 1 is 1.36 bits per heavy atom. The van der Waals surface area contributed by atoms with Crippen LogP contribution in [0.25, 0.3) is 0 Å². The van der Waals surface area contributed by atoms with Crippen molar-refractivity contribution in [2.75, 3.05) is 26.0 Å². The molecule has 1 fully saturated rings. The molecule has 1 aliphatic rings. The van der Waals surface area contributed by atoms with E-state index in [0.29, 0.717) is 6.54 Å². The number of likely N-dealkylation sites (N-methyl/N-ethyl adjacent to an activating group) is 1. The number of rotatable bonds is 3. The highest BCUT2D eigenvalue weighted by Crippen LogP contribution is 2.23. The molecule has 122 valence electrons. The summed E-state index contributed by atoms with van der Waals surface area (Å²) in [6.07, 6.45) is 1.57. The Balaban J connectivity index is 2.15. The predicted molar refractivity (Wildman–Crippen MR) is 84.8 cm³/mol. The maximum atomic E-state index is 12.6. The lowest BCUT2D eigenvalue weighted by atomic mass is 10.2. The summed E-state index contributed by atoms with van der Waals surface area (Å²) in [4.78, 5) is 27.9. The highest BCUT2D eigenvalue weighted by atomic mass is 16.2. The van der Waals surface area contributed by atoms with Gasteiger partial charge in [-0.15, -0.1) is 0 Å². The van der Waals surface area contributed by atoms with Crippen LogP contribution in [-0.2, 0) is 11.3 Å². The van der Waals surface area contributed by atoms with Crippen LogP contribution in [0.5, 0.6) is 0 Å². The maximum absolute atomic E-state index is 12.6. The first-order valence-electron chi connectivity index (χ1n) is 7.69. The number of aromatic nitrogens is 2. The van der Waals surface area contributed by atoms with Crippen molar-refractivity contribution >= 4 is 17.6 Å². The van der Waals surface area contributed by atoms with E-state index in [-0.39, 0.29) is 18.0 Å². The first-order valence-corrected chi connectivity index (χ1v) is 7.69. The molecule has 1 unspecified atom stereocenters. The predicted octanol–water partition coefficient (Wildman–Crippen LogP) is 1.60. The van der Waals surface area contributed by atoms with Crippen LogP contribution in [0, 0.1) is 13.8 Å². The van der Waals surface area contributed by atoms with Crippen molar-refractivity contribution in [2.24, 2.45) is 0 Å². The van der Waals surface area contributed by atoms with E-state index in [2.05, 4.69) is 10.4 Å². The van der Waals surface area contributed by atoms with Crippen molar-refractivity contribution in [1.82, 2.24) is 19.6 Å². The number of anilines is 1. The largest absolute Gasteiger partial charge is 0.347 e. The minimum atomic E-state index is -0.364. The van der Waals surface area contributed by atoms with Crippen LogP contribution in [-0.4, -0.2) is 58.2 Å². The second kappa shape index (κ2) is 6.37. The highest BCUT2D eigenvalue weighted by molar-refractivity contribution is 5.94. The van der Waals surface area contributed by atoms with Gasteiger partial charge in [-0.25, -0.2) is 4.79 Å². The Morgan fingerprint density at radius 3 is 2.59 bits per heavy atom. The van der Waals surface area contributed by atoms with Gasteiger partial charge in [-0.2, -0.15) is 5.10 Å². The van der Waals surface area contributed by atoms with Crippen LogP contribution >= 0.6 is 0 Å². The van der Waals surface area contributed by atoms with Crippen LogP contribution in [0.2, 0.25) is 0 Å². The van der Waals surface area contributed by atoms with Gasteiger partial charge >= 0.3 is 6.03 Å². The number of amides is 3. The molecule has 0 radical (unpaired) electrons. The van der Waals surface area contributed by atoms with Crippen LogP contribution < -0.4 is 5.32 Å². The van der Waals surface area contributed by atoms with Crippen molar-refractivity contribution in [2.45, 2.75) is 46.2 Å². The Labute approximate surface area is 131 Å². The Kier molecular flexibility index (Phi) is 4.73. The van der Waals surface area contributed by atoms with Crippen molar-refractivity contribution in [1.29, 1.82) is 0 Å². The zero-order chi connectivity index (χ0) is 16.4. The summed E-state index contributed by atoms with van der Waals surface area (Å²) in [6.45, 7) is 7.19. The van der Waals surface area contributed by atoms with Gasteiger partial charge in [0.25, 0.3) is 0 Å². The number of hydrogen-bond donors (Lipinski definition) is 1. The molecule has 1 aromatic rings. The Morgan fingerprint density at radius 2 is 2.05 bits per heavy atom. The quantitative estimate of drug-likeness (QED) is 0.922. The number of carbonyl (C=O) groups is 2. The third kappa shape index (κ3) is 2.93.